The highest BCUT2D eigenvalue weighted by Crippen LogP contribution is 2.28. The number of rotatable bonds is 8. The molecule has 0 saturated carbocycles. The lowest BCUT2D eigenvalue weighted by atomic mass is 10.0. The fourth-order valence-electron chi connectivity index (χ4n) is 4.86. The zero-order valence-corrected chi connectivity index (χ0v) is 23.0. The third-order valence-electron chi connectivity index (χ3n) is 7.20. The number of benzene rings is 4. The quantitative estimate of drug-likeness (QED) is 0.206. The van der Waals surface area contributed by atoms with Crippen molar-refractivity contribution in [2.75, 3.05) is 11.4 Å². The van der Waals surface area contributed by atoms with E-state index in [-0.39, 0.29) is 37.1 Å². The highest BCUT2D eigenvalue weighted by Gasteiger charge is 2.36. The molecular formula is C34H32N2O5. The smallest absolute Gasteiger partial charge is 0.316 e. The lowest BCUT2D eigenvalue weighted by Gasteiger charge is -2.18. The number of anilines is 1. The molecule has 0 bridgehead atoms. The molecular weight excluding hydrogens is 516 g/mol. The zero-order chi connectivity index (χ0) is 28.9. The van der Waals surface area contributed by atoms with Gasteiger partial charge in [0.2, 0.25) is 5.91 Å². The van der Waals surface area contributed by atoms with Gasteiger partial charge in [0.05, 0.1) is 5.92 Å². The van der Waals surface area contributed by atoms with Crippen LogP contribution in [0.3, 0.4) is 0 Å². The number of aromatic hydroxyl groups is 1. The number of phenols is 1. The van der Waals surface area contributed by atoms with Gasteiger partial charge in [0, 0.05) is 30.8 Å². The summed E-state index contributed by atoms with van der Waals surface area (Å²) in [6, 6.07) is 28.9. The van der Waals surface area contributed by atoms with Gasteiger partial charge in [-0.1, -0.05) is 62.4 Å². The topological polar surface area (TPSA) is 95.9 Å². The zero-order valence-electron chi connectivity index (χ0n) is 23.0. The summed E-state index contributed by atoms with van der Waals surface area (Å²) in [5.41, 5.74) is 4.86. The van der Waals surface area contributed by atoms with Gasteiger partial charge in [-0.15, -0.1) is 0 Å². The minimum absolute atomic E-state index is 0.0844. The Bertz CT molecular complexity index is 1580. The number of nitrogens with zero attached hydrogens (tertiary/aromatic N) is 1. The van der Waals surface area contributed by atoms with E-state index in [4.69, 9.17) is 4.74 Å². The van der Waals surface area contributed by atoms with Crippen LogP contribution in [-0.2, 0) is 16.1 Å². The van der Waals surface area contributed by atoms with Crippen LogP contribution in [0, 0.1) is 5.92 Å². The molecule has 2 N–H and O–H groups in total. The third-order valence-corrected chi connectivity index (χ3v) is 7.20. The fraction of sp³-hybridized carbons (Fsp3) is 0.206. The minimum atomic E-state index is -0.561. The van der Waals surface area contributed by atoms with Crippen molar-refractivity contribution in [1.82, 2.24) is 5.32 Å². The summed E-state index contributed by atoms with van der Waals surface area (Å²) in [4.78, 5) is 40.2. The molecule has 0 spiro atoms. The molecule has 1 unspecified atom stereocenters. The van der Waals surface area contributed by atoms with Gasteiger partial charge >= 0.3 is 5.97 Å². The summed E-state index contributed by atoms with van der Waals surface area (Å²) in [7, 11) is 0. The fourth-order valence-corrected chi connectivity index (χ4v) is 4.86. The summed E-state index contributed by atoms with van der Waals surface area (Å²) in [5, 5.41) is 12.5. The molecule has 7 nitrogen and oxygen atoms in total. The van der Waals surface area contributed by atoms with Crippen molar-refractivity contribution >= 4 is 23.5 Å². The van der Waals surface area contributed by atoms with E-state index in [0.717, 1.165) is 22.3 Å². The SMILES string of the molecule is CC(C)c1cccc(OC(=O)C2CC(=O)N(c3cccc(CNC(=O)c4cccc(-c5ccc(O)cc5)c4)c3)C2)c1. The molecule has 0 aliphatic carbocycles. The maximum Gasteiger partial charge on any atom is 0.316 e. The van der Waals surface area contributed by atoms with Crippen LogP contribution < -0.4 is 15.0 Å². The Labute approximate surface area is 239 Å². The van der Waals surface area contributed by atoms with E-state index in [9.17, 15) is 19.5 Å². The lowest BCUT2D eigenvalue weighted by Crippen LogP contribution is -2.27. The first-order valence-corrected chi connectivity index (χ1v) is 13.7. The Morgan fingerprint density at radius 1 is 0.927 bits per heavy atom. The average molecular weight is 549 g/mol. The summed E-state index contributed by atoms with van der Waals surface area (Å²) in [5.74, 6) is -0.367. The highest BCUT2D eigenvalue weighted by atomic mass is 16.5. The Hall–Kier alpha value is -4.91. The first-order valence-electron chi connectivity index (χ1n) is 13.7. The highest BCUT2D eigenvalue weighted by molar-refractivity contribution is 6.00. The summed E-state index contributed by atoms with van der Waals surface area (Å²) in [6.07, 6.45) is 0.0844. The van der Waals surface area contributed by atoms with Gasteiger partial charge < -0.3 is 20.1 Å². The number of carbonyl (C=O) groups is 3. The van der Waals surface area contributed by atoms with Gasteiger partial charge in [0.25, 0.3) is 5.91 Å². The monoisotopic (exact) mass is 548 g/mol. The van der Waals surface area contributed by atoms with Crippen LogP contribution in [0.4, 0.5) is 5.69 Å². The van der Waals surface area contributed by atoms with E-state index in [2.05, 4.69) is 19.2 Å². The molecule has 4 aromatic rings. The van der Waals surface area contributed by atoms with Crippen LogP contribution >= 0.6 is 0 Å². The van der Waals surface area contributed by atoms with E-state index in [1.165, 1.54) is 0 Å². The predicted octanol–water partition coefficient (Wildman–Crippen LogP) is 6.07. The second-order valence-corrected chi connectivity index (χ2v) is 10.5. The summed E-state index contributed by atoms with van der Waals surface area (Å²) < 4.78 is 5.62. The van der Waals surface area contributed by atoms with Crippen LogP contribution in [0.15, 0.2) is 97.1 Å². The second-order valence-electron chi connectivity index (χ2n) is 10.5. The van der Waals surface area contributed by atoms with Gasteiger partial charge in [-0.3, -0.25) is 14.4 Å². The van der Waals surface area contributed by atoms with Gasteiger partial charge in [-0.05, 0) is 76.7 Å². The minimum Gasteiger partial charge on any atom is -0.508 e. The molecule has 5 rings (SSSR count). The van der Waals surface area contributed by atoms with Crippen molar-refractivity contribution in [3.05, 3.63) is 114 Å². The van der Waals surface area contributed by atoms with Crippen LogP contribution in [0.2, 0.25) is 0 Å². The van der Waals surface area contributed by atoms with Gasteiger partial charge in [0.15, 0.2) is 0 Å². The van der Waals surface area contributed by atoms with Crippen LogP contribution in [-0.4, -0.2) is 29.4 Å². The lowest BCUT2D eigenvalue weighted by molar-refractivity contribution is -0.139. The van der Waals surface area contributed by atoms with Crippen molar-refractivity contribution < 1.29 is 24.2 Å². The van der Waals surface area contributed by atoms with Crippen LogP contribution in [0.5, 0.6) is 11.5 Å². The molecule has 1 fully saturated rings. The molecule has 0 aromatic heterocycles. The second kappa shape index (κ2) is 12.1. The molecule has 1 saturated heterocycles. The molecule has 1 aliphatic rings. The summed E-state index contributed by atoms with van der Waals surface area (Å²) in [6.45, 7) is 4.66. The van der Waals surface area contributed by atoms with Gasteiger partial charge in [-0.2, -0.15) is 0 Å². The van der Waals surface area contributed by atoms with Crippen molar-refractivity contribution in [1.29, 1.82) is 0 Å². The largest absolute Gasteiger partial charge is 0.508 e. The van der Waals surface area contributed by atoms with Gasteiger partial charge in [0.1, 0.15) is 11.5 Å². The van der Waals surface area contributed by atoms with Crippen LogP contribution in [0.1, 0.15) is 47.7 Å². The Morgan fingerprint density at radius 2 is 1.68 bits per heavy atom. The van der Waals surface area contributed by atoms with E-state index < -0.39 is 11.9 Å². The van der Waals surface area contributed by atoms with E-state index in [1.54, 1.807) is 47.4 Å². The van der Waals surface area contributed by atoms with E-state index in [0.29, 0.717) is 22.9 Å². The molecule has 2 amide bonds. The Kier molecular flexibility index (Phi) is 8.15. The Balaban J connectivity index is 1.20. The maximum absolute atomic E-state index is 12.9. The normalized spacial score (nSPS) is 14.8. The molecule has 41 heavy (non-hydrogen) atoms. The maximum atomic E-state index is 12.9. The molecule has 4 aromatic carbocycles. The molecule has 1 aliphatic heterocycles. The number of amides is 2. The molecule has 7 heteroatoms. The number of hydrogen-bond donors (Lipinski definition) is 2. The van der Waals surface area contributed by atoms with Crippen molar-refractivity contribution in [3.63, 3.8) is 0 Å². The third kappa shape index (κ3) is 6.64. The number of ether oxygens (including phenoxy) is 1. The summed E-state index contributed by atoms with van der Waals surface area (Å²) >= 11 is 0. The number of esters is 1. The van der Waals surface area contributed by atoms with Crippen LogP contribution in [0.25, 0.3) is 11.1 Å². The van der Waals surface area contributed by atoms with Crippen molar-refractivity contribution in [2.24, 2.45) is 5.92 Å². The standard InChI is InChI=1S/C34H32N2O5/c1-22(2)25-7-5-11-31(18-25)41-34(40)28-19-32(38)36(21-28)29-10-3-6-23(16-29)20-35-33(39)27-9-4-8-26(17-27)24-12-14-30(37)15-13-24/h3-18,22,28,37H,19-21H2,1-2H3,(H,35,39). The number of phenolic OH excluding ortho intramolecular Hbond substituents is 1. The predicted molar refractivity (Wildman–Crippen MR) is 158 cm³/mol. The van der Waals surface area contributed by atoms with Gasteiger partial charge in [-0.25, -0.2) is 0 Å². The van der Waals surface area contributed by atoms with E-state index in [1.807, 2.05) is 54.6 Å². The average Bonchev–Trinajstić information content (AvgIpc) is 3.38. The van der Waals surface area contributed by atoms with Crippen molar-refractivity contribution in [3.8, 4) is 22.6 Å². The molecule has 0 radical (unpaired) electrons. The Morgan fingerprint density at radius 3 is 2.46 bits per heavy atom. The number of hydrogen-bond acceptors (Lipinski definition) is 5. The first kappa shape index (κ1) is 27.6. The molecule has 208 valence electrons. The van der Waals surface area contributed by atoms with E-state index >= 15 is 0 Å². The molecule has 1 heterocycles. The van der Waals surface area contributed by atoms with Crippen molar-refractivity contribution in [2.45, 2.75) is 32.7 Å². The number of carbonyl (C=O) groups excluding carboxylic acids is 3. The number of nitrogens with one attached hydrogen (secondary N) is 1. The first-order chi connectivity index (χ1) is 19.8. The molecule has 1 atom stereocenters.